The Bertz CT molecular complexity index is 683. The van der Waals surface area contributed by atoms with Crippen molar-refractivity contribution in [1.29, 1.82) is 0 Å². The van der Waals surface area contributed by atoms with Gasteiger partial charge in [0.15, 0.2) is 0 Å². The van der Waals surface area contributed by atoms with Crippen LogP contribution < -0.4 is 5.32 Å². The number of hydrogen-bond donors (Lipinski definition) is 2. The minimum absolute atomic E-state index is 0.157. The summed E-state index contributed by atoms with van der Waals surface area (Å²) in [5.41, 5.74) is 2.57. The highest BCUT2D eigenvalue weighted by molar-refractivity contribution is 6.30. The topological polar surface area (TPSA) is 61.7 Å². The van der Waals surface area contributed by atoms with Crippen molar-refractivity contribution in [2.45, 2.75) is 13.3 Å². The van der Waals surface area contributed by atoms with E-state index < -0.39 is 0 Å². The van der Waals surface area contributed by atoms with Crippen molar-refractivity contribution in [3.8, 4) is 0 Å². The lowest BCUT2D eigenvalue weighted by molar-refractivity contribution is -0.115. The molecule has 0 saturated heterocycles. The van der Waals surface area contributed by atoms with Gasteiger partial charge in [-0.25, -0.2) is 0 Å². The predicted molar refractivity (Wildman–Crippen MR) is 84.2 cm³/mol. The van der Waals surface area contributed by atoms with Gasteiger partial charge in [-0.3, -0.25) is 4.79 Å². The van der Waals surface area contributed by atoms with Crippen molar-refractivity contribution in [3.05, 3.63) is 64.7 Å². The molecule has 0 aliphatic heterocycles. The van der Waals surface area contributed by atoms with Crippen LogP contribution in [-0.2, 0) is 11.2 Å². The van der Waals surface area contributed by atoms with Crippen LogP contribution in [0.2, 0.25) is 5.02 Å². The average molecular weight is 303 g/mol. The Hall–Kier alpha value is -2.33. The van der Waals surface area contributed by atoms with Crippen molar-refractivity contribution in [1.82, 2.24) is 0 Å². The summed E-state index contributed by atoms with van der Waals surface area (Å²) in [7, 11) is 0. The van der Waals surface area contributed by atoms with Crippen molar-refractivity contribution in [2.75, 3.05) is 5.32 Å². The molecule has 0 heterocycles. The third-order valence-electron chi connectivity index (χ3n) is 2.99. The number of nitrogens with zero attached hydrogens (tertiary/aromatic N) is 1. The van der Waals surface area contributed by atoms with Crippen LogP contribution in [0.4, 0.5) is 5.69 Å². The van der Waals surface area contributed by atoms with Crippen LogP contribution >= 0.6 is 11.6 Å². The van der Waals surface area contributed by atoms with Crippen LogP contribution in [0.25, 0.3) is 0 Å². The van der Waals surface area contributed by atoms with E-state index in [2.05, 4.69) is 10.5 Å². The highest BCUT2D eigenvalue weighted by atomic mass is 35.5. The van der Waals surface area contributed by atoms with Crippen LogP contribution in [0, 0.1) is 0 Å². The molecule has 4 nitrogen and oxygen atoms in total. The Labute approximate surface area is 128 Å². The fourth-order valence-corrected chi connectivity index (χ4v) is 2.20. The Morgan fingerprint density at radius 3 is 2.71 bits per heavy atom. The van der Waals surface area contributed by atoms with Crippen LogP contribution in [0.15, 0.2) is 53.7 Å². The lowest BCUT2D eigenvalue weighted by Gasteiger charge is -2.10. The van der Waals surface area contributed by atoms with E-state index >= 15 is 0 Å². The summed E-state index contributed by atoms with van der Waals surface area (Å²) >= 11 is 5.90. The fourth-order valence-electron chi connectivity index (χ4n) is 1.99. The number of carbonyl (C=O) groups excluding carboxylic acids is 1. The summed E-state index contributed by atoms with van der Waals surface area (Å²) in [6, 6.07) is 14.3. The number of halogens is 1. The van der Waals surface area contributed by atoms with Crippen molar-refractivity contribution in [2.24, 2.45) is 5.16 Å². The zero-order chi connectivity index (χ0) is 15.2. The van der Waals surface area contributed by atoms with Gasteiger partial charge in [0.05, 0.1) is 12.1 Å². The number of benzene rings is 2. The van der Waals surface area contributed by atoms with Gasteiger partial charge in [0.2, 0.25) is 5.91 Å². The summed E-state index contributed by atoms with van der Waals surface area (Å²) in [5.74, 6) is -0.157. The lowest BCUT2D eigenvalue weighted by Crippen LogP contribution is -2.16. The van der Waals surface area contributed by atoms with Gasteiger partial charge in [-0.2, -0.15) is 0 Å². The molecule has 2 aromatic rings. The van der Waals surface area contributed by atoms with E-state index in [1.165, 1.54) is 0 Å². The molecule has 2 aromatic carbocycles. The summed E-state index contributed by atoms with van der Waals surface area (Å²) in [4.78, 5) is 12.1. The minimum Gasteiger partial charge on any atom is -0.411 e. The maximum absolute atomic E-state index is 12.1. The largest absolute Gasteiger partial charge is 0.411 e. The van der Waals surface area contributed by atoms with Gasteiger partial charge in [0.25, 0.3) is 0 Å². The summed E-state index contributed by atoms with van der Waals surface area (Å²) in [6.07, 6.45) is 0.226. The molecule has 0 aliphatic rings. The molecule has 0 radical (unpaired) electrons. The van der Waals surface area contributed by atoms with E-state index in [1.807, 2.05) is 24.3 Å². The van der Waals surface area contributed by atoms with Gasteiger partial charge < -0.3 is 10.5 Å². The highest BCUT2D eigenvalue weighted by Gasteiger charge is 2.09. The Balaban J connectivity index is 2.13. The molecular weight excluding hydrogens is 288 g/mol. The molecule has 0 saturated carbocycles. The number of hydrogen-bond acceptors (Lipinski definition) is 3. The third-order valence-corrected chi connectivity index (χ3v) is 3.23. The highest BCUT2D eigenvalue weighted by Crippen LogP contribution is 2.17. The number of carbonyl (C=O) groups is 1. The zero-order valence-corrected chi connectivity index (χ0v) is 12.3. The molecule has 0 unspecified atom stereocenters. The first-order chi connectivity index (χ1) is 10.1. The van der Waals surface area contributed by atoms with E-state index in [0.717, 1.165) is 5.56 Å². The second kappa shape index (κ2) is 6.90. The quantitative estimate of drug-likeness (QED) is 0.513. The van der Waals surface area contributed by atoms with Gasteiger partial charge in [0.1, 0.15) is 0 Å². The number of oxime groups is 1. The molecule has 0 fully saturated rings. The van der Waals surface area contributed by atoms with E-state index in [9.17, 15) is 4.79 Å². The van der Waals surface area contributed by atoms with E-state index in [-0.39, 0.29) is 12.3 Å². The fraction of sp³-hybridized carbons (Fsp3) is 0.125. The maximum atomic E-state index is 12.1. The average Bonchev–Trinajstić information content (AvgIpc) is 2.47. The number of anilines is 1. The molecule has 2 N–H and O–H groups in total. The standard InChI is InChI=1S/C16H15ClN2O2/c1-11(19-21)14-7-2-3-8-15(14)18-16(20)10-12-5-4-6-13(17)9-12/h2-9,21H,10H2,1H3,(H,18,20). The normalized spacial score (nSPS) is 11.2. The lowest BCUT2D eigenvalue weighted by atomic mass is 10.1. The molecule has 0 atom stereocenters. The van der Waals surface area contributed by atoms with Gasteiger partial charge in [-0.15, -0.1) is 0 Å². The second-order valence-electron chi connectivity index (χ2n) is 4.59. The van der Waals surface area contributed by atoms with Crippen LogP contribution in [-0.4, -0.2) is 16.8 Å². The van der Waals surface area contributed by atoms with Crippen molar-refractivity contribution >= 4 is 28.9 Å². The smallest absolute Gasteiger partial charge is 0.228 e. The van der Waals surface area contributed by atoms with Crippen LogP contribution in [0.3, 0.4) is 0 Å². The summed E-state index contributed by atoms with van der Waals surface area (Å²) in [5, 5.41) is 15.5. The second-order valence-corrected chi connectivity index (χ2v) is 5.02. The predicted octanol–water partition coefficient (Wildman–Crippen LogP) is 3.72. The van der Waals surface area contributed by atoms with Crippen LogP contribution in [0.1, 0.15) is 18.1 Å². The van der Waals surface area contributed by atoms with E-state index in [4.69, 9.17) is 16.8 Å². The Kier molecular flexibility index (Phi) is 4.95. The number of nitrogens with one attached hydrogen (secondary N) is 1. The molecule has 0 aliphatic carbocycles. The molecule has 0 bridgehead atoms. The van der Waals surface area contributed by atoms with E-state index in [1.54, 1.807) is 31.2 Å². The molecule has 21 heavy (non-hydrogen) atoms. The Morgan fingerprint density at radius 1 is 1.24 bits per heavy atom. The Morgan fingerprint density at radius 2 is 2.00 bits per heavy atom. The van der Waals surface area contributed by atoms with Gasteiger partial charge in [-0.05, 0) is 30.7 Å². The van der Waals surface area contributed by atoms with Gasteiger partial charge in [-0.1, -0.05) is 47.1 Å². The molecule has 0 aromatic heterocycles. The first-order valence-corrected chi connectivity index (χ1v) is 6.80. The molecule has 2 rings (SSSR count). The summed E-state index contributed by atoms with van der Waals surface area (Å²) < 4.78 is 0. The molecule has 1 amide bonds. The van der Waals surface area contributed by atoms with Crippen molar-refractivity contribution < 1.29 is 10.0 Å². The zero-order valence-electron chi connectivity index (χ0n) is 11.5. The molecule has 108 valence electrons. The van der Waals surface area contributed by atoms with Gasteiger partial charge >= 0.3 is 0 Å². The summed E-state index contributed by atoms with van der Waals surface area (Å²) in [6.45, 7) is 1.67. The van der Waals surface area contributed by atoms with E-state index in [0.29, 0.717) is 22.0 Å². The molecule has 5 heteroatoms. The maximum Gasteiger partial charge on any atom is 0.228 e. The van der Waals surface area contributed by atoms with Gasteiger partial charge in [0, 0.05) is 16.3 Å². The monoisotopic (exact) mass is 302 g/mol. The first-order valence-electron chi connectivity index (χ1n) is 6.42. The third kappa shape index (κ3) is 4.07. The number of para-hydroxylation sites is 1. The van der Waals surface area contributed by atoms with Crippen molar-refractivity contribution in [3.63, 3.8) is 0 Å². The first kappa shape index (κ1) is 15.1. The number of rotatable bonds is 4. The number of amides is 1. The molecular formula is C16H15ClN2O2. The minimum atomic E-state index is -0.157. The molecule has 0 spiro atoms. The SMILES string of the molecule is CC(=NO)c1ccccc1NC(=O)Cc1cccc(Cl)c1. The van der Waals surface area contributed by atoms with Crippen LogP contribution in [0.5, 0.6) is 0 Å².